The van der Waals surface area contributed by atoms with E-state index in [-0.39, 0.29) is 24.7 Å². The van der Waals surface area contributed by atoms with Crippen LogP contribution >= 0.6 is 23.4 Å². The van der Waals surface area contributed by atoms with Crippen LogP contribution in [-0.2, 0) is 9.59 Å². The average molecular weight is 267 g/mol. The van der Waals surface area contributed by atoms with E-state index in [9.17, 15) is 9.59 Å². The molecule has 0 spiro atoms. The number of rotatable bonds is 2. The lowest BCUT2D eigenvalue weighted by Gasteiger charge is -2.16. The standard InChI is InChI=1S/C11H7ClN2O2S/c12-9-4-8(17-6-13)1-2-10(9)14-5-7(15)3-11(14)16/h1-2,4H,3,5H2. The van der Waals surface area contributed by atoms with E-state index in [1.54, 1.807) is 18.2 Å². The predicted molar refractivity (Wildman–Crippen MR) is 64.9 cm³/mol. The number of ketones is 1. The predicted octanol–water partition coefficient (Wildman–Crippen LogP) is 2.22. The number of carbonyl (C=O) groups is 2. The zero-order chi connectivity index (χ0) is 12.4. The van der Waals surface area contributed by atoms with Crippen LogP contribution < -0.4 is 4.90 Å². The summed E-state index contributed by atoms with van der Waals surface area (Å²) < 4.78 is 0. The zero-order valence-corrected chi connectivity index (χ0v) is 10.2. The molecule has 1 aromatic carbocycles. The van der Waals surface area contributed by atoms with Crippen molar-refractivity contribution >= 4 is 40.7 Å². The third-order valence-corrected chi connectivity index (χ3v) is 3.24. The Bertz CT molecular complexity index is 539. The van der Waals surface area contributed by atoms with Crippen molar-refractivity contribution < 1.29 is 9.59 Å². The largest absolute Gasteiger partial charge is 0.303 e. The van der Waals surface area contributed by atoms with Crippen LogP contribution in [0.3, 0.4) is 0 Å². The minimum atomic E-state index is -0.238. The molecular weight excluding hydrogens is 260 g/mol. The molecule has 0 aliphatic carbocycles. The molecule has 1 aliphatic rings. The average Bonchev–Trinajstić information content (AvgIpc) is 2.58. The van der Waals surface area contributed by atoms with E-state index in [1.807, 2.05) is 5.40 Å². The second kappa shape index (κ2) is 4.78. The van der Waals surface area contributed by atoms with Crippen molar-refractivity contribution in [3.63, 3.8) is 0 Å². The van der Waals surface area contributed by atoms with Crippen molar-refractivity contribution in [1.82, 2.24) is 0 Å². The van der Waals surface area contributed by atoms with Gasteiger partial charge in [-0.25, -0.2) is 0 Å². The van der Waals surface area contributed by atoms with Crippen molar-refractivity contribution in [2.45, 2.75) is 11.3 Å². The minimum Gasteiger partial charge on any atom is -0.303 e. The maximum atomic E-state index is 11.5. The number of thiocyanates is 1. The Morgan fingerprint density at radius 1 is 1.41 bits per heavy atom. The summed E-state index contributed by atoms with van der Waals surface area (Å²) in [5, 5.41) is 10.8. The molecule has 0 aromatic heterocycles. The SMILES string of the molecule is N#CSc1ccc(N2CC(=O)CC2=O)c(Cl)c1. The van der Waals surface area contributed by atoms with Gasteiger partial charge >= 0.3 is 0 Å². The van der Waals surface area contributed by atoms with Gasteiger partial charge in [-0.15, -0.1) is 0 Å². The van der Waals surface area contributed by atoms with Crippen molar-refractivity contribution in [1.29, 1.82) is 5.26 Å². The molecule has 2 rings (SSSR count). The molecule has 1 aliphatic heterocycles. The third-order valence-electron chi connectivity index (χ3n) is 2.36. The van der Waals surface area contributed by atoms with Gasteiger partial charge in [0, 0.05) is 4.90 Å². The van der Waals surface area contributed by atoms with Gasteiger partial charge in [-0.1, -0.05) is 11.6 Å². The molecule has 17 heavy (non-hydrogen) atoms. The number of hydrogen-bond donors (Lipinski definition) is 0. The van der Waals surface area contributed by atoms with Gasteiger partial charge in [-0.2, -0.15) is 5.26 Å². The highest BCUT2D eigenvalue weighted by molar-refractivity contribution is 8.03. The molecule has 0 saturated carbocycles. The van der Waals surface area contributed by atoms with E-state index in [4.69, 9.17) is 16.9 Å². The summed E-state index contributed by atoms with van der Waals surface area (Å²) in [6, 6.07) is 4.96. The molecule has 1 heterocycles. The van der Waals surface area contributed by atoms with Crippen LogP contribution in [0.1, 0.15) is 6.42 Å². The fourth-order valence-electron chi connectivity index (χ4n) is 1.63. The van der Waals surface area contributed by atoms with Crippen LogP contribution in [0.2, 0.25) is 5.02 Å². The first kappa shape index (κ1) is 12.0. The number of thioether (sulfide) groups is 1. The van der Waals surface area contributed by atoms with Crippen LogP contribution in [0.25, 0.3) is 0 Å². The maximum absolute atomic E-state index is 11.5. The summed E-state index contributed by atoms with van der Waals surface area (Å²) in [4.78, 5) is 24.8. The molecule has 0 radical (unpaired) electrons. The van der Waals surface area contributed by atoms with Gasteiger partial charge in [0.2, 0.25) is 5.91 Å². The summed E-state index contributed by atoms with van der Waals surface area (Å²) in [6.45, 7) is 0.0727. The Morgan fingerprint density at radius 2 is 2.18 bits per heavy atom. The van der Waals surface area contributed by atoms with Crippen LogP contribution in [-0.4, -0.2) is 18.2 Å². The number of nitrogens with zero attached hydrogens (tertiary/aromatic N) is 2. The van der Waals surface area contributed by atoms with Gasteiger partial charge in [0.25, 0.3) is 0 Å². The molecule has 0 unspecified atom stereocenters. The molecule has 1 amide bonds. The van der Waals surface area contributed by atoms with Crippen LogP contribution in [0.5, 0.6) is 0 Å². The fourth-order valence-corrected chi connectivity index (χ4v) is 2.39. The number of benzene rings is 1. The van der Waals surface area contributed by atoms with Gasteiger partial charge in [-0.05, 0) is 30.0 Å². The van der Waals surface area contributed by atoms with Crippen molar-refractivity contribution in [2.24, 2.45) is 0 Å². The van der Waals surface area contributed by atoms with Crippen LogP contribution in [0.4, 0.5) is 5.69 Å². The smallest absolute Gasteiger partial charge is 0.234 e. The first-order chi connectivity index (χ1) is 8.11. The van der Waals surface area contributed by atoms with Crippen LogP contribution in [0.15, 0.2) is 23.1 Å². The van der Waals surface area contributed by atoms with E-state index in [0.29, 0.717) is 15.6 Å². The van der Waals surface area contributed by atoms with Gasteiger partial charge in [0.1, 0.15) is 5.40 Å². The fraction of sp³-hybridized carbons (Fsp3) is 0.182. The summed E-state index contributed by atoms with van der Waals surface area (Å²) in [7, 11) is 0. The van der Waals surface area contributed by atoms with E-state index in [2.05, 4.69) is 0 Å². The first-order valence-electron chi connectivity index (χ1n) is 4.79. The Labute approximate surface area is 107 Å². The maximum Gasteiger partial charge on any atom is 0.234 e. The van der Waals surface area contributed by atoms with E-state index >= 15 is 0 Å². The van der Waals surface area contributed by atoms with Crippen LogP contribution in [0, 0.1) is 10.7 Å². The molecule has 1 aromatic rings. The van der Waals surface area contributed by atoms with E-state index in [0.717, 1.165) is 11.8 Å². The zero-order valence-electron chi connectivity index (χ0n) is 8.64. The molecule has 1 saturated heterocycles. The van der Waals surface area contributed by atoms with Crippen molar-refractivity contribution in [2.75, 3.05) is 11.4 Å². The Balaban J connectivity index is 2.31. The number of halogens is 1. The quantitative estimate of drug-likeness (QED) is 0.468. The number of Topliss-reactive ketones (excluding diaryl/α,β-unsaturated/α-hetero) is 1. The summed E-state index contributed by atoms with van der Waals surface area (Å²) in [5.41, 5.74) is 0.518. The number of anilines is 1. The number of amides is 1. The van der Waals surface area contributed by atoms with Gasteiger partial charge < -0.3 is 4.90 Å². The van der Waals surface area contributed by atoms with E-state index in [1.165, 1.54) is 4.90 Å². The lowest BCUT2D eigenvalue weighted by atomic mass is 10.3. The summed E-state index contributed by atoms with van der Waals surface area (Å²) in [6.07, 6.45) is -0.0645. The minimum absolute atomic E-state index is 0.0645. The monoisotopic (exact) mass is 266 g/mol. The highest BCUT2D eigenvalue weighted by atomic mass is 35.5. The highest BCUT2D eigenvalue weighted by Crippen LogP contribution is 2.32. The molecule has 4 nitrogen and oxygen atoms in total. The first-order valence-corrected chi connectivity index (χ1v) is 5.99. The Morgan fingerprint density at radius 3 is 2.71 bits per heavy atom. The van der Waals surface area contributed by atoms with Crippen molar-refractivity contribution in [3.05, 3.63) is 23.2 Å². The molecule has 86 valence electrons. The summed E-state index contributed by atoms with van der Waals surface area (Å²) >= 11 is 7.02. The second-order valence-corrected chi connectivity index (χ2v) is 4.77. The van der Waals surface area contributed by atoms with Crippen molar-refractivity contribution in [3.8, 4) is 5.40 Å². The lowest BCUT2D eigenvalue weighted by Crippen LogP contribution is -2.24. The molecule has 0 atom stereocenters. The van der Waals surface area contributed by atoms with Gasteiger partial charge in [0.15, 0.2) is 5.78 Å². The Hall–Kier alpha value is -1.51. The number of nitriles is 1. The highest BCUT2D eigenvalue weighted by Gasteiger charge is 2.29. The topological polar surface area (TPSA) is 61.2 Å². The molecule has 6 heteroatoms. The normalized spacial score (nSPS) is 15.2. The molecule has 0 bridgehead atoms. The van der Waals surface area contributed by atoms with Gasteiger partial charge in [-0.3, -0.25) is 9.59 Å². The van der Waals surface area contributed by atoms with Gasteiger partial charge in [0.05, 0.1) is 23.7 Å². The molecular formula is C11H7ClN2O2S. The number of carbonyl (C=O) groups excluding carboxylic acids is 2. The molecule has 1 fully saturated rings. The lowest BCUT2D eigenvalue weighted by molar-refractivity contribution is -0.121. The summed E-state index contributed by atoms with van der Waals surface area (Å²) in [5.74, 6) is -0.348. The molecule has 0 N–H and O–H groups in total. The second-order valence-electron chi connectivity index (χ2n) is 3.50. The van der Waals surface area contributed by atoms with E-state index < -0.39 is 0 Å². The third kappa shape index (κ3) is 2.43. The Kier molecular flexibility index (Phi) is 3.36. The number of hydrogen-bond acceptors (Lipinski definition) is 4.